The summed E-state index contributed by atoms with van der Waals surface area (Å²) in [6, 6.07) is 3.24. The van der Waals surface area contributed by atoms with E-state index in [4.69, 9.17) is 9.47 Å². The second-order valence-corrected chi connectivity index (χ2v) is 6.78. The number of fused-ring (bicyclic) bond motifs is 1. The molecule has 26 heavy (non-hydrogen) atoms. The van der Waals surface area contributed by atoms with Gasteiger partial charge in [0.2, 0.25) is 5.91 Å². The largest absolute Gasteiger partial charge is 0.493 e. The number of rotatable bonds is 5. The third-order valence-electron chi connectivity index (χ3n) is 5.27. The van der Waals surface area contributed by atoms with E-state index in [2.05, 4.69) is 6.08 Å². The van der Waals surface area contributed by atoms with Crippen LogP contribution in [0.2, 0.25) is 0 Å². The summed E-state index contributed by atoms with van der Waals surface area (Å²) >= 11 is 0. The number of nitrogens with zero attached hydrogens (tertiary/aromatic N) is 1. The van der Waals surface area contributed by atoms with Gasteiger partial charge in [0, 0.05) is 12.5 Å². The number of carboxylic acid groups (broad SMARTS) is 1. The standard InChI is InChI=1S/C20H25NO5/c1-25-17-10-14-8-9-21(20(24)13-6-4-3-5-7-13)16(12-19(22)23)15(14)11-18(17)26-2/h3-4,10-11,13,16H,5-9,12H2,1-2H3,(H,22,23)/t13-,16+/m0/s1. The van der Waals surface area contributed by atoms with Crippen molar-refractivity contribution < 1.29 is 24.2 Å². The van der Waals surface area contributed by atoms with Crippen molar-refractivity contribution in [1.82, 2.24) is 4.90 Å². The smallest absolute Gasteiger partial charge is 0.305 e. The lowest BCUT2D eigenvalue weighted by atomic mass is 9.87. The van der Waals surface area contributed by atoms with E-state index in [-0.39, 0.29) is 18.2 Å². The minimum Gasteiger partial charge on any atom is -0.493 e. The van der Waals surface area contributed by atoms with E-state index in [1.54, 1.807) is 19.1 Å². The van der Waals surface area contributed by atoms with Gasteiger partial charge in [-0.25, -0.2) is 0 Å². The average Bonchev–Trinajstić information content (AvgIpc) is 2.67. The number of carboxylic acids is 1. The van der Waals surface area contributed by atoms with Crippen LogP contribution < -0.4 is 9.47 Å². The summed E-state index contributed by atoms with van der Waals surface area (Å²) in [4.78, 5) is 26.3. The molecule has 1 aromatic rings. The highest BCUT2D eigenvalue weighted by atomic mass is 16.5. The summed E-state index contributed by atoms with van der Waals surface area (Å²) in [6.45, 7) is 0.527. The van der Waals surface area contributed by atoms with Gasteiger partial charge in [-0.05, 0) is 48.9 Å². The minimum atomic E-state index is -0.918. The Morgan fingerprint density at radius 3 is 2.54 bits per heavy atom. The maximum Gasteiger partial charge on any atom is 0.305 e. The van der Waals surface area contributed by atoms with Crippen LogP contribution in [0.5, 0.6) is 11.5 Å². The van der Waals surface area contributed by atoms with Crippen LogP contribution in [0.15, 0.2) is 24.3 Å². The van der Waals surface area contributed by atoms with Crippen LogP contribution >= 0.6 is 0 Å². The maximum absolute atomic E-state index is 13.1. The van der Waals surface area contributed by atoms with Gasteiger partial charge in [-0.15, -0.1) is 0 Å². The Balaban J connectivity index is 1.96. The molecule has 6 nitrogen and oxygen atoms in total. The van der Waals surface area contributed by atoms with Gasteiger partial charge in [-0.1, -0.05) is 12.2 Å². The van der Waals surface area contributed by atoms with E-state index in [0.29, 0.717) is 24.5 Å². The molecule has 0 fully saturated rings. The summed E-state index contributed by atoms with van der Waals surface area (Å²) < 4.78 is 10.7. The van der Waals surface area contributed by atoms with Crippen molar-refractivity contribution in [3.05, 3.63) is 35.4 Å². The number of amides is 1. The molecule has 3 rings (SSSR count). The van der Waals surface area contributed by atoms with Gasteiger partial charge in [0.15, 0.2) is 11.5 Å². The monoisotopic (exact) mass is 359 g/mol. The number of ether oxygens (including phenoxy) is 2. The van der Waals surface area contributed by atoms with Crippen LogP contribution in [0.4, 0.5) is 0 Å². The fourth-order valence-electron chi connectivity index (χ4n) is 3.93. The zero-order chi connectivity index (χ0) is 18.7. The van der Waals surface area contributed by atoms with Crippen molar-refractivity contribution >= 4 is 11.9 Å². The molecule has 1 aliphatic carbocycles. The number of hydrogen-bond acceptors (Lipinski definition) is 4. The van der Waals surface area contributed by atoms with Gasteiger partial charge in [-0.2, -0.15) is 0 Å². The van der Waals surface area contributed by atoms with Crippen molar-refractivity contribution in [2.45, 2.75) is 38.1 Å². The molecule has 0 saturated carbocycles. The van der Waals surface area contributed by atoms with Gasteiger partial charge in [0.25, 0.3) is 0 Å². The number of allylic oxidation sites excluding steroid dienone is 2. The lowest BCUT2D eigenvalue weighted by Crippen LogP contribution is -2.44. The summed E-state index contributed by atoms with van der Waals surface area (Å²) in [6.07, 6.45) is 7.16. The summed E-state index contributed by atoms with van der Waals surface area (Å²) in [7, 11) is 3.13. The molecule has 1 amide bonds. The molecular formula is C20H25NO5. The Morgan fingerprint density at radius 1 is 1.19 bits per heavy atom. The fraction of sp³-hybridized carbons (Fsp3) is 0.500. The lowest BCUT2D eigenvalue weighted by molar-refractivity contribution is -0.143. The van der Waals surface area contributed by atoms with Crippen LogP contribution in [-0.2, 0) is 16.0 Å². The molecule has 2 aliphatic rings. The predicted octanol–water partition coefficient (Wildman–Crippen LogP) is 2.96. The topological polar surface area (TPSA) is 76.1 Å². The zero-order valence-corrected chi connectivity index (χ0v) is 15.2. The van der Waals surface area contributed by atoms with Crippen LogP contribution in [-0.4, -0.2) is 42.6 Å². The zero-order valence-electron chi connectivity index (χ0n) is 15.2. The highest BCUT2D eigenvalue weighted by Crippen LogP contribution is 2.40. The fourth-order valence-corrected chi connectivity index (χ4v) is 3.93. The molecule has 0 saturated heterocycles. The molecular weight excluding hydrogens is 334 g/mol. The SMILES string of the molecule is COc1cc2c(cc1OC)[C@@H](CC(=O)O)N(C(=O)[C@H]1CC=CCC1)CC2. The van der Waals surface area contributed by atoms with Gasteiger partial charge in [-0.3, -0.25) is 9.59 Å². The van der Waals surface area contributed by atoms with Gasteiger partial charge in [0.1, 0.15) is 0 Å². The molecule has 0 aromatic heterocycles. The van der Waals surface area contributed by atoms with E-state index in [1.165, 1.54) is 0 Å². The first kappa shape index (κ1) is 18.3. The predicted molar refractivity (Wildman–Crippen MR) is 96.4 cm³/mol. The van der Waals surface area contributed by atoms with Crippen molar-refractivity contribution in [2.24, 2.45) is 5.92 Å². The van der Waals surface area contributed by atoms with Gasteiger partial charge in [0.05, 0.1) is 26.7 Å². The Morgan fingerprint density at radius 2 is 1.92 bits per heavy atom. The van der Waals surface area contributed by atoms with Gasteiger partial charge >= 0.3 is 5.97 Å². The van der Waals surface area contributed by atoms with E-state index in [1.807, 2.05) is 18.2 Å². The molecule has 1 aliphatic heterocycles. The Bertz CT molecular complexity index is 727. The van der Waals surface area contributed by atoms with Crippen LogP contribution in [0.25, 0.3) is 0 Å². The second-order valence-electron chi connectivity index (χ2n) is 6.78. The third kappa shape index (κ3) is 3.54. The van der Waals surface area contributed by atoms with Crippen molar-refractivity contribution in [3.63, 3.8) is 0 Å². The second kappa shape index (κ2) is 7.81. The normalized spacial score (nSPS) is 21.8. The van der Waals surface area contributed by atoms with Crippen LogP contribution in [0.3, 0.4) is 0 Å². The number of carbonyl (C=O) groups excluding carboxylic acids is 1. The maximum atomic E-state index is 13.1. The molecule has 140 valence electrons. The molecule has 0 bridgehead atoms. The highest BCUT2D eigenvalue weighted by molar-refractivity contribution is 5.81. The van der Waals surface area contributed by atoms with Crippen molar-refractivity contribution in [2.75, 3.05) is 20.8 Å². The van der Waals surface area contributed by atoms with E-state index >= 15 is 0 Å². The number of benzene rings is 1. The Labute approximate surface area is 153 Å². The van der Waals surface area contributed by atoms with Gasteiger partial charge < -0.3 is 19.5 Å². The molecule has 1 aromatic carbocycles. The summed E-state index contributed by atoms with van der Waals surface area (Å²) in [5.41, 5.74) is 1.86. The Kier molecular flexibility index (Phi) is 5.49. The molecule has 6 heteroatoms. The molecule has 2 atom stereocenters. The van der Waals surface area contributed by atoms with Crippen LogP contribution in [0.1, 0.15) is 42.9 Å². The number of hydrogen-bond donors (Lipinski definition) is 1. The van der Waals surface area contributed by atoms with Crippen molar-refractivity contribution in [1.29, 1.82) is 0 Å². The molecule has 1 N–H and O–H groups in total. The Hall–Kier alpha value is -2.50. The summed E-state index contributed by atoms with van der Waals surface area (Å²) in [5.74, 6) is 0.257. The summed E-state index contributed by atoms with van der Waals surface area (Å²) in [5, 5.41) is 9.42. The first-order valence-corrected chi connectivity index (χ1v) is 8.97. The van der Waals surface area contributed by atoms with E-state index < -0.39 is 12.0 Å². The van der Waals surface area contributed by atoms with E-state index in [0.717, 1.165) is 30.4 Å². The van der Waals surface area contributed by atoms with Crippen LogP contribution in [0, 0.1) is 5.92 Å². The number of aliphatic carboxylic acids is 1. The highest BCUT2D eigenvalue weighted by Gasteiger charge is 2.36. The number of methoxy groups -OCH3 is 2. The third-order valence-corrected chi connectivity index (χ3v) is 5.27. The molecule has 0 spiro atoms. The molecule has 1 heterocycles. The first-order valence-electron chi connectivity index (χ1n) is 8.97. The average molecular weight is 359 g/mol. The minimum absolute atomic E-state index is 0.0565. The molecule has 0 radical (unpaired) electrons. The number of carbonyl (C=O) groups is 2. The quantitative estimate of drug-likeness (QED) is 0.818. The lowest BCUT2D eigenvalue weighted by Gasteiger charge is -2.39. The molecule has 0 unspecified atom stereocenters. The van der Waals surface area contributed by atoms with E-state index in [9.17, 15) is 14.7 Å². The van der Waals surface area contributed by atoms with Crippen molar-refractivity contribution in [3.8, 4) is 11.5 Å². The first-order chi connectivity index (χ1) is 12.5.